The second-order valence-corrected chi connectivity index (χ2v) is 5.09. The normalized spacial score (nSPS) is 10.4. The van der Waals surface area contributed by atoms with Gasteiger partial charge in [0.25, 0.3) is 0 Å². The van der Waals surface area contributed by atoms with Gasteiger partial charge in [-0.3, -0.25) is 0 Å². The molecule has 0 amide bonds. The molecule has 1 aromatic carbocycles. The molecule has 0 unspecified atom stereocenters. The highest BCUT2D eigenvalue weighted by Gasteiger charge is 2.19. The van der Waals surface area contributed by atoms with Crippen LogP contribution in [0.2, 0.25) is 0 Å². The van der Waals surface area contributed by atoms with Crippen molar-refractivity contribution in [2.45, 2.75) is 41.2 Å². The van der Waals surface area contributed by atoms with Gasteiger partial charge in [0.1, 0.15) is 11.5 Å². The summed E-state index contributed by atoms with van der Waals surface area (Å²) in [7, 11) is 0. The Morgan fingerprint density at radius 3 is 2.30 bits per heavy atom. The van der Waals surface area contributed by atoms with Gasteiger partial charge >= 0.3 is 0 Å². The van der Waals surface area contributed by atoms with Crippen molar-refractivity contribution in [3.8, 4) is 11.3 Å². The average molecular weight is 270 g/mol. The molecule has 0 aliphatic rings. The van der Waals surface area contributed by atoms with Crippen LogP contribution in [0, 0.1) is 34.6 Å². The van der Waals surface area contributed by atoms with Crippen LogP contribution in [0.15, 0.2) is 15.7 Å². The van der Waals surface area contributed by atoms with Crippen LogP contribution in [0.5, 0.6) is 0 Å². The standard InChI is InChI=1S/C15H18N4O/c1-8-6-9(2)11(4)14(10(8)3)15-13(7-17-19-16)12(5)20-18-15/h6H,7H2,1-5H3. The van der Waals surface area contributed by atoms with E-state index in [0.717, 1.165) is 16.8 Å². The molecule has 2 aromatic rings. The van der Waals surface area contributed by atoms with Crippen LogP contribution < -0.4 is 0 Å². The molecule has 0 aliphatic heterocycles. The highest BCUT2D eigenvalue weighted by atomic mass is 16.5. The largest absolute Gasteiger partial charge is 0.361 e. The van der Waals surface area contributed by atoms with Crippen LogP contribution in [0.3, 0.4) is 0 Å². The van der Waals surface area contributed by atoms with Crippen LogP contribution >= 0.6 is 0 Å². The van der Waals surface area contributed by atoms with Crippen LogP contribution in [-0.4, -0.2) is 5.16 Å². The number of benzene rings is 1. The second kappa shape index (κ2) is 5.39. The zero-order valence-corrected chi connectivity index (χ0v) is 12.5. The molecule has 0 atom stereocenters. The lowest BCUT2D eigenvalue weighted by Gasteiger charge is -2.14. The van der Waals surface area contributed by atoms with Crippen molar-refractivity contribution in [3.05, 3.63) is 50.1 Å². The number of rotatable bonds is 3. The Morgan fingerprint density at radius 1 is 1.15 bits per heavy atom. The third kappa shape index (κ3) is 2.28. The number of aromatic nitrogens is 1. The maximum atomic E-state index is 8.52. The number of aryl methyl sites for hydroxylation is 3. The van der Waals surface area contributed by atoms with E-state index in [9.17, 15) is 0 Å². The molecule has 0 spiro atoms. The summed E-state index contributed by atoms with van der Waals surface area (Å²) in [5.41, 5.74) is 16.1. The summed E-state index contributed by atoms with van der Waals surface area (Å²) in [6.45, 7) is 10.4. The van der Waals surface area contributed by atoms with Crippen molar-refractivity contribution in [2.75, 3.05) is 0 Å². The van der Waals surface area contributed by atoms with E-state index in [0.29, 0.717) is 5.76 Å². The van der Waals surface area contributed by atoms with Gasteiger partial charge in [-0.2, -0.15) is 0 Å². The number of hydrogen-bond acceptors (Lipinski definition) is 3. The van der Waals surface area contributed by atoms with Crippen molar-refractivity contribution in [1.82, 2.24) is 5.16 Å². The van der Waals surface area contributed by atoms with E-state index in [1.54, 1.807) is 0 Å². The molecule has 0 saturated heterocycles. The first-order valence-electron chi connectivity index (χ1n) is 6.51. The van der Waals surface area contributed by atoms with Crippen LogP contribution in [-0.2, 0) is 6.54 Å². The van der Waals surface area contributed by atoms with Gasteiger partial charge in [-0.25, -0.2) is 0 Å². The summed E-state index contributed by atoms with van der Waals surface area (Å²) in [4.78, 5) is 2.82. The molecule has 0 aliphatic carbocycles. The molecule has 0 radical (unpaired) electrons. The lowest BCUT2D eigenvalue weighted by atomic mass is 9.90. The fourth-order valence-electron chi connectivity index (χ4n) is 2.45. The SMILES string of the molecule is Cc1cc(C)c(C)c(-c2noc(C)c2CN=[N+]=[N-])c1C. The van der Waals surface area contributed by atoms with Gasteiger partial charge in [0.2, 0.25) is 0 Å². The summed E-state index contributed by atoms with van der Waals surface area (Å²) in [5, 5.41) is 7.83. The summed E-state index contributed by atoms with van der Waals surface area (Å²) >= 11 is 0. The van der Waals surface area contributed by atoms with Crippen LogP contribution in [0.4, 0.5) is 0 Å². The van der Waals surface area contributed by atoms with E-state index in [4.69, 9.17) is 10.1 Å². The molecule has 0 fully saturated rings. The Kier molecular flexibility index (Phi) is 3.81. The van der Waals surface area contributed by atoms with Crippen molar-refractivity contribution < 1.29 is 4.52 Å². The molecule has 1 heterocycles. The molecular weight excluding hydrogens is 252 g/mol. The Morgan fingerprint density at radius 2 is 1.75 bits per heavy atom. The van der Waals surface area contributed by atoms with Crippen LogP contribution in [0.25, 0.3) is 21.7 Å². The molecule has 5 nitrogen and oxygen atoms in total. The van der Waals surface area contributed by atoms with Crippen molar-refractivity contribution in [1.29, 1.82) is 0 Å². The van der Waals surface area contributed by atoms with Gasteiger partial charge in [-0.15, -0.1) is 0 Å². The minimum absolute atomic E-state index is 0.257. The second-order valence-electron chi connectivity index (χ2n) is 5.09. The number of nitrogens with zero attached hydrogens (tertiary/aromatic N) is 4. The average Bonchev–Trinajstić information content (AvgIpc) is 2.76. The maximum Gasteiger partial charge on any atom is 0.137 e. The quantitative estimate of drug-likeness (QED) is 0.460. The summed E-state index contributed by atoms with van der Waals surface area (Å²) < 4.78 is 5.30. The van der Waals surface area contributed by atoms with Crippen molar-refractivity contribution >= 4 is 0 Å². The molecule has 2 rings (SSSR count). The highest BCUT2D eigenvalue weighted by Crippen LogP contribution is 2.34. The van der Waals surface area contributed by atoms with Gasteiger partial charge < -0.3 is 4.52 Å². The van der Waals surface area contributed by atoms with Gasteiger partial charge in [0.05, 0.1) is 6.54 Å². The van der Waals surface area contributed by atoms with E-state index in [2.05, 4.69) is 48.9 Å². The summed E-state index contributed by atoms with van der Waals surface area (Å²) in [6.07, 6.45) is 0. The minimum atomic E-state index is 0.257. The minimum Gasteiger partial charge on any atom is -0.361 e. The zero-order chi connectivity index (χ0) is 14.9. The van der Waals surface area contributed by atoms with Gasteiger partial charge in [-0.05, 0) is 62.4 Å². The monoisotopic (exact) mass is 270 g/mol. The summed E-state index contributed by atoms with van der Waals surface area (Å²) in [6, 6.07) is 2.17. The van der Waals surface area contributed by atoms with Gasteiger partial charge in [-0.1, -0.05) is 16.3 Å². The fraction of sp³-hybridized carbons (Fsp3) is 0.400. The van der Waals surface area contributed by atoms with Crippen molar-refractivity contribution in [3.63, 3.8) is 0 Å². The lowest BCUT2D eigenvalue weighted by molar-refractivity contribution is 0.398. The molecule has 20 heavy (non-hydrogen) atoms. The first-order valence-corrected chi connectivity index (χ1v) is 6.51. The fourth-order valence-corrected chi connectivity index (χ4v) is 2.45. The Labute approximate surface area is 118 Å². The first-order chi connectivity index (χ1) is 9.47. The van der Waals surface area contributed by atoms with Crippen molar-refractivity contribution in [2.24, 2.45) is 5.11 Å². The van der Waals surface area contributed by atoms with Gasteiger partial charge in [0, 0.05) is 16.0 Å². The molecule has 104 valence electrons. The molecule has 0 bridgehead atoms. The molecule has 5 heteroatoms. The van der Waals surface area contributed by atoms with E-state index < -0.39 is 0 Å². The number of azide groups is 1. The maximum absolute atomic E-state index is 8.52. The molecular formula is C15H18N4O. The predicted octanol–water partition coefficient (Wildman–Crippen LogP) is 4.69. The van der Waals surface area contributed by atoms with Gasteiger partial charge in [0.15, 0.2) is 0 Å². The van der Waals surface area contributed by atoms with Crippen LogP contribution in [0.1, 0.15) is 33.6 Å². The first kappa shape index (κ1) is 14.2. The van der Waals surface area contributed by atoms with E-state index in [1.165, 1.54) is 22.3 Å². The van der Waals surface area contributed by atoms with E-state index in [1.807, 2.05) is 6.92 Å². The topological polar surface area (TPSA) is 74.8 Å². The molecule has 1 aromatic heterocycles. The third-order valence-corrected chi connectivity index (χ3v) is 3.88. The Hall–Kier alpha value is -2.26. The molecule has 0 N–H and O–H groups in total. The predicted molar refractivity (Wildman–Crippen MR) is 78.5 cm³/mol. The van der Waals surface area contributed by atoms with E-state index >= 15 is 0 Å². The van der Waals surface area contributed by atoms with E-state index in [-0.39, 0.29) is 6.54 Å². The highest BCUT2D eigenvalue weighted by molar-refractivity contribution is 5.73. The third-order valence-electron chi connectivity index (χ3n) is 3.88. The Balaban J connectivity index is 2.72. The molecule has 0 saturated carbocycles. The smallest absolute Gasteiger partial charge is 0.137 e. The summed E-state index contributed by atoms with van der Waals surface area (Å²) in [5.74, 6) is 0.699. The number of hydrogen-bond donors (Lipinski definition) is 0. The zero-order valence-electron chi connectivity index (χ0n) is 12.5. The lowest BCUT2D eigenvalue weighted by Crippen LogP contribution is -1.97. The Bertz CT molecular complexity index is 683.